The molecule has 6 rings (SSSR count). The van der Waals surface area contributed by atoms with E-state index in [0.29, 0.717) is 13.0 Å². The molecule has 1 aliphatic heterocycles. The number of nitrogens with zero attached hydrogens (tertiary/aromatic N) is 2. The smallest absolute Gasteiger partial charge is 0.226 e. The van der Waals surface area contributed by atoms with Crippen LogP contribution in [0.5, 0.6) is 0 Å². The molecule has 1 aromatic heterocycles. The second kappa shape index (κ2) is 8.89. The van der Waals surface area contributed by atoms with E-state index in [4.69, 9.17) is 0 Å². The zero-order valence-electron chi connectivity index (χ0n) is 18.7. The molecule has 2 heterocycles. The van der Waals surface area contributed by atoms with Gasteiger partial charge in [0.05, 0.1) is 26.2 Å². The summed E-state index contributed by atoms with van der Waals surface area (Å²) in [5.41, 5.74) is 1.23. The molecule has 6 nitrogen and oxygen atoms in total. The van der Waals surface area contributed by atoms with Crippen LogP contribution in [0.15, 0.2) is 24.5 Å². The molecule has 5 fully saturated rings. The lowest BCUT2D eigenvalue weighted by Crippen LogP contribution is -3.13. The summed E-state index contributed by atoms with van der Waals surface area (Å²) in [4.78, 5) is 33.3. The Balaban J connectivity index is 1.01. The molecule has 0 radical (unpaired) electrons. The zero-order valence-corrected chi connectivity index (χ0v) is 18.7. The molecule has 0 atom stereocenters. The number of rotatable bonds is 7. The highest BCUT2D eigenvalue weighted by Crippen LogP contribution is 2.60. The molecule has 1 aromatic rings. The molecule has 0 spiro atoms. The first-order valence-electron chi connectivity index (χ1n) is 12.4. The van der Waals surface area contributed by atoms with Crippen molar-refractivity contribution in [3.63, 3.8) is 0 Å². The highest BCUT2D eigenvalue weighted by Gasteiger charge is 2.54. The van der Waals surface area contributed by atoms with E-state index >= 15 is 0 Å². The van der Waals surface area contributed by atoms with Crippen molar-refractivity contribution < 1.29 is 14.5 Å². The number of carbonyl (C=O) groups excluding carboxylic acids is 2. The number of nitrogens with one attached hydrogen (secondary N) is 2. The van der Waals surface area contributed by atoms with Crippen LogP contribution in [0.1, 0.15) is 56.9 Å². The third-order valence-electron chi connectivity index (χ3n) is 8.40. The first-order valence-corrected chi connectivity index (χ1v) is 12.4. The Bertz CT molecular complexity index is 753. The lowest BCUT2D eigenvalue weighted by atomic mass is 9.49. The lowest BCUT2D eigenvalue weighted by molar-refractivity contribution is -0.917. The minimum Gasteiger partial charge on any atom is -0.356 e. The Hall–Kier alpha value is -1.95. The second-order valence-corrected chi connectivity index (χ2v) is 10.7. The van der Waals surface area contributed by atoms with Gasteiger partial charge in [-0.3, -0.25) is 14.6 Å². The molecule has 1 saturated heterocycles. The summed E-state index contributed by atoms with van der Waals surface area (Å²) in [5.74, 6) is 2.90. The third kappa shape index (κ3) is 4.64. The van der Waals surface area contributed by atoms with Gasteiger partial charge >= 0.3 is 0 Å². The van der Waals surface area contributed by atoms with Gasteiger partial charge in [0.1, 0.15) is 6.54 Å². The molecule has 4 aliphatic carbocycles. The van der Waals surface area contributed by atoms with E-state index in [2.05, 4.69) is 22.4 Å². The van der Waals surface area contributed by atoms with Crippen LogP contribution >= 0.6 is 0 Å². The van der Waals surface area contributed by atoms with Gasteiger partial charge in [0, 0.05) is 36.3 Å². The quantitative estimate of drug-likeness (QED) is 0.650. The summed E-state index contributed by atoms with van der Waals surface area (Å²) >= 11 is 0. The zero-order chi connectivity index (χ0) is 21.3. The van der Waals surface area contributed by atoms with Gasteiger partial charge in [-0.2, -0.15) is 0 Å². The average molecular weight is 426 g/mol. The van der Waals surface area contributed by atoms with Crippen molar-refractivity contribution >= 4 is 11.8 Å². The molecule has 0 aromatic carbocycles. The molecule has 2 N–H and O–H groups in total. The van der Waals surface area contributed by atoms with Crippen molar-refractivity contribution in [2.24, 2.45) is 23.2 Å². The van der Waals surface area contributed by atoms with Gasteiger partial charge in [0.2, 0.25) is 11.8 Å². The number of hydrogen-bond acceptors (Lipinski definition) is 3. The lowest BCUT2D eigenvalue weighted by Gasteiger charge is -2.55. The van der Waals surface area contributed by atoms with Crippen LogP contribution in [0.3, 0.4) is 0 Å². The normalized spacial score (nSPS) is 32.3. The Kier molecular flexibility index (Phi) is 6.00. The molecular weight excluding hydrogens is 388 g/mol. The number of quaternary nitrogens is 1. The van der Waals surface area contributed by atoms with Crippen molar-refractivity contribution in [3.05, 3.63) is 30.1 Å². The molecule has 6 heteroatoms. The molecule has 4 bridgehead atoms. The van der Waals surface area contributed by atoms with Gasteiger partial charge in [-0.25, -0.2) is 0 Å². The first kappa shape index (κ1) is 20.9. The predicted octanol–water partition coefficient (Wildman–Crippen LogP) is 1.42. The Morgan fingerprint density at radius 2 is 1.65 bits per heavy atom. The monoisotopic (exact) mass is 425 g/mol. The molecule has 0 unspecified atom stereocenters. The van der Waals surface area contributed by atoms with Gasteiger partial charge in [0.15, 0.2) is 0 Å². The maximum atomic E-state index is 13.0. The number of carbonyl (C=O) groups is 2. The molecule has 5 aliphatic rings. The van der Waals surface area contributed by atoms with E-state index < -0.39 is 0 Å². The fourth-order valence-electron chi connectivity index (χ4n) is 7.21. The Morgan fingerprint density at radius 1 is 1.03 bits per heavy atom. The van der Waals surface area contributed by atoms with Crippen LogP contribution in [-0.2, 0) is 16.1 Å². The number of amides is 2. The number of piperazine rings is 1. The highest BCUT2D eigenvalue weighted by molar-refractivity contribution is 5.83. The van der Waals surface area contributed by atoms with Crippen molar-refractivity contribution in [1.82, 2.24) is 15.2 Å². The fraction of sp³-hybridized carbons (Fsp3) is 0.720. The third-order valence-corrected chi connectivity index (χ3v) is 8.40. The van der Waals surface area contributed by atoms with Crippen molar-refractivity contribution in [1.29, 1.82) is 0 Å². The van der Waals surface area contributed by atoms with Crippen molar-refractivity contribution in [2.45, 2.75) is 57.9 Å². The average Bonchev–Trinajstić information content (AvgIpc) is 2.77. The van der Waals surface area contributed by atoms with Crippen molar-refractivity contribution in [2.75, 3.05) is 32.7 Å². The summed E-state index contributed by atoms with van der Waals surface area (Å²) < 4.78 is 0. The summed E-state index contributed by atoms with van der Waals surface area (Å²) in [6.45, 7) is 5.30. The van der Waals surface area contributed by atoms with Gasteiger partial charge in [-0.05, 0) is 74.8 Å². The molecule has 4 saturated carbocycles. The molecule has 31 heavy (non-hydrogen) atoms. The fourth-order valence-corrected chi connectivity index (χ4v) is 7.21. The Labute approximate surface area is 185 Å². The Morgan fingerprint density at radius 3 is 2.26 bits per heavy atom. The van der Waals surface area contributed by atoms with Gasteiger partial charge < -0.3 is 15.1 Å². The van der Waals surface area contributed by atoms with Crippen LogP contribution in [0, 0.1) is 23.2 Å². The van der Waals surface area contributed by atoms with E-state index in [9.17, 15) is 9.59 Å². The van der Waals surface area contributed by atoms with Gasteiger partial charge in [0.25, 0.3) is 0 Å². The standard InChI is InChI=1S/C25H36N4O2/c30-23(29-10-8-28(9-11-29)18-19-3-6-26-7-4-19)2-1-5-27-24(31)25-15-20-12-21(16-25)14-22(13-20)17-25/h3-4,6-7,20-22H,1-2,5,8-18H2,(H,27,31)/p+1. The van der Waals surface area contributed by atoms with E-state index in [1.54, 1.807) is 0 Å². The highest BCUT2D eigenvalue weighted by atomic mass is 16.2. The molecule has 2 amide bonds. The molecule has 168 valence electrons. The topological polar surface area (TPSA) is 66.7 Å². The van der Waals surface area contributed by atoms with E-state index in [-0.39, 0.29) is 17.2 Å². The minimum absolute atomic E-state index is 0.0767. The summed E-state index contributed by atoms with van der Waals surface area (Å²) in [6.07, 6.45) is 12.4. The number of aromatic nitrogens is 1. The van der Waals surface area contributed by atoms with Gasteiger partial charge in [-0.1, -0.05) is 0 Å². The second-order valence-electron chi connectivity index (χ2n) is 10.7. The number of pyridine rings is 1. The van der Waals surface area contributed by atoms with Gasteiger partial charge in [-0.15, -0.1) is 0 Å². The number of hydrogen-bond donors (Lipinski definition) is 2. The predicted molar refractivity (Wildman–Crippen MR) is 118 cm³/mol. The van der Waals surface area contributed by atoms with E-state index in [1.807, 2.05) is 17.3 Å². The van der Waals surface area contributed by atoms with Crippen LogP contribution in [0.2, 0.25) is 0 Å². The summed E-state index contributed by atoms with van der Waals surface area (Å²) in [6, 6.07) is 4.14. The summed E-state index contributed by atoms with van der Waals surface area (Å²) in [5, 5.41) is 3.21. The van der Waals surface area contributed by atoms with Crippen LogP contribution in [0.25, 0.3) is 0 Å². The van der Waals surface area contributed by atoms with E-state index in [0.717, 1.165) is 76.2 Å². The van der Waals surface area contributed by atoms with E-state index in [1.165, 1.54) is 29.7 Å². The summed E-state index contributed by atoms with van der Waals surface area (Å²) in [7, 11) is 0. The first-order chi connectivity index (χ1) is 15.1. The van der Waals surface area contributed by atoms with Crippen molar-refractivity contribution in [3.8, 4) is 0 Å². The van der Waals surface area contributed by atoms with Crippen LogP contribution in [0.4, 0.5) is 0 Å². The maximum Gasteiger partial charge on any atom is 0.226 e. The van der Waals surface area contributed by atoms with Crippen LogP contribution in [-0.4, -0.2) is 54.4 Å². The minimum atomic E-state index is -0.0767. The van der Waals surface area contributed by atoms with Crippen LogP contribution < -0.4 is 10.2 Å². The maximum absolute atomic E-state index is 13.0. The largest absolute Gasteiger partial charge is 0.356 e. The SMILES string of the molecule is O=C(CCCNC(=O)C12CC3CC(CC(C3)C1)C2)N1CC[NH+](Cc2ccncc2)CC1. The molecular formula is C25H37N4O2+.